The molecule has 1 rings (SSSR count). The largest absolute Gasteiger partial charge is 0.291 e. The molecule has 0 bridgehead atoms. The minimum Gasteiger partial charge on any atom is -0.291 e. The molecule has 0 fully saturated rings. The first-order valence-corrected chi connectivity index (χ1v) is 3.92. The number of anilines is 1. The minimum atomic E-state index is 0.774. The maximum atomic E-state index is 8.84. The fraction of sp³-hybridized carbons (Fsp3) is 0.200. The van der Waals surface area contributed by atoms with Gasteiger partial charge < -0.3 is 0 Å². The van der Waals surface area contributed by atoms with Crippen LogP contribution in [0.25, 0.3) is 6.08 Å². The standard InChI is InChI=1S/C10H13NO/c1-3-5-9-7-4-6-8(2)10(9)11-12/h3-7,11-12H,1-2H3. The molecule has 0 spiro atoms. The Morgan fingerprint density at radius 2 is 2.17 bits per heavy atom. The number of hydrogen-bond acceptors (Lipinski definition) is 2. The molecule has 0 heterocycles. The average molecular weight is 163 g/mol. The number of allylic oxidation sites excluding steroid dienone is 1. The summed E-state index contributed by atoms with van der Waals surface area (Å²) in [6, 6.07) is 5.86. The molecule has 0 atom stereocenters. The molecule has 1 aromatic rings. The number of benzene rings is 1. The first-order chi connectivity index (χ1) is 5.79. The highest BCUT2D eigenvalue weighted by Crippen LogP contribution is 2.20. The average Bonchev–Trinajstić information content (AvgIpc) is 2.05. The summed E-state index contributed by atoms with van der Waals surface area (Å²) in [5.41, 5.74) is 5.01. The molecule has 12 heavy (non-hydrogen) atoms. The molecule has 64 valence electrons. The second kappa shape index (κ2) is 3.93. The number of rotatable bonds is 2. The SMILES string of the molecule is CC=Cc1cccc(C)c1NO. The number of aryl methyl sites for hydroxylation is 1. The van der Waals surface area contributed by atoms with Crippen molar-refractivity contribution in [2.45, 2.75) is 13.8 Å². The van der Waals surface area contributed by atoms with Gasteiger partial charge in [0.15, 0.2) is 0 Å². The van der Waals surface area contributed by atoms with Gasteiger partial charge in [-0.1, -0.05) is 30.4 Å². The molecule has 0 unspecified atom stereocenters. The molecule has 2 heteroatoms. The molecule has 2 nitrogen and oxygen atoms in total. The Hall–Kier alpha value is -1.28. The van der Waals surface area contributed by atoms with Gasteiger partial charge in [0.05, 0.1) is 5.69 Å². The molecule has 0 amide bonds. The van der Waals surface area contributed by atoms with Gasteiger partial charge in [-0.25, -0.2) is 0 Å². The first-order valence-electron chi connectivity index (χ1n) is 3.92. The Morgan fingerprint density at radius 3 is 2.75 bits per heavy atom. The van der Waals surface area contributed by atoms with Gasteiger partial charge in [0.25, 0.3) is 0 Å². The summed E-state index contributed by atoms with van der Waals surface area (Å²) < 4.78 is 0. The van der Waals surface area contributed by atoms with Crippen LogP contribution in [0.5, 0.6) is 0 Å². The number of para-hydroxylation sites is 1. The van der Waals surface area contributed by atoms with Crippen molar-refractivity contribution in [1.29, 1.82) is 0 Å². The van der Waals surface area contributed by atoms with Crippen molar-refractivity contribution in [2.24, 2.45) is 0 Å². The molecule has 1 aromatic carbocycles. The van der Waals surface area contributed by atoms with E-state index >= 15 is 0 Å². The Kier molecular flexibility index (Phi) is 2.88. The van der Waals surface area contributed by atoms with Gasteiger partial charge in [-0.3, -0.25) is 10.7 Å². The minimum absolute atomic E-state index is 0.774. The van der Waals surface area contributed by atoms with Crippen LogP contribution in [0.3, 0.4) is 0 Å². The van der Waals surface area contributed by atoms with E-state index in [2.05, 4.69) is 5.48 Å². The lowest BCUT2D eigenvalue weighted by atomic mass is 10.1. The van der Waals surface area contributed by atoms with Gasteiger partial charge in [-0.2, -0.15) is 0 Å². The van der Waals surface area contributed by atoms with E-state index in [1.54, 1.807) is 0 Å². The number of nitrogens with one attached hydrogen (secondary N) is 1. The third-order valence-electron chi connectivity index (χ3n) is 1.76. The van der Waals surface area contributed by atoms with Crippen LogP contribution in [-0.2, 0) is 0 Å². The molecule has 0 aliphatic heterocycles. The van der Waals surface area contributed by atoms with E-state index in [0.717, 1.165) is 16.8 Å². The maximum absolute atomic E-state index is 8.84. The molecule has 0 aliphatic rings. The highest BCUT2D eigenvalue weighted by Gasteiger charge is 1.99. The van der Waals surface area contributed by atoms with Crippen molar-refractivity contribution in [1.82, 2.24) is 0 Å². The topological polar surface area (TPSA) is 32.3 Å². The van der Waals surface area contributed by atoms with E-state index in [1.807, 2.05) is 44.2 Å². The van der Waals surface area contributed by atoms with Gasteiger partial charge in [-0.05, 0) is 25.0 Å². The van der Waals surface area contributed by atoms with Crippen LogP contribution in [-0.4, -0.2) is 5.21 Å². The Labute approximate surface area is 72.5 Å². The third-order valence-corrected chi connectivity index (χ3v) is 1.76. The molecule has 0 aliphatic carbocycles. The summed E-state index contributed by atoms with van der Waals surface area (Å²) in [6.45, 7) is 3.90. The van der Waals surface area contributed by atoms with Crippen LogP contribution in [0.4, 0.5) is 5.69 Å². The molecule has 0 saturated heterocycles. The molecule has 0 radical (unpaired) electrons. The van der Waals surface area contributed by atoms with Gasteiger partial charge >= 0.3 is 0 Å². The van der Waals surface area contributed by atoms with Crippen molar-refractivity contribution in [2.75, 3.05) is 5.48 Å². The van der Waals surface area contributed by atoms with E-state index < -0.39 is 0 Å². The van der Waals surface area contributed by atoms with Crippen molar-refractivity contribution in [3.63, 3.8) is 0 Å². The van der Waals surface area contributed by atoms with E-state index in [4.69, 9.17) is 5.21 Å². The highest BCUT2D eigenvalue weighted by atomic mass is 16.5. The Balaban J connectivity index is 3.18. The van der Waals surface area contributed by atoms with Gasteiger partial charge in [0.1, 0.15) is 0 Å². The Morgan fingerprint density at radius 1 is 1.42 bits per heavy atom. The zero-order valence-electron chi connectivity index (χ0n) is 7.33. The second-order valence-corrected chi connectivity index (χ2v) is 2.65. The van der Waals surface area contributed by atoms with Crippen molar-refractivity contribution >= 4 is 11.8 Å². The van der Waals surface area contributed by atoms with E-state index in [1.165, 1.54) is 0 Å². The zero-order chi connectivity index (χ0) is 8.97. The molecule has 0 aromatic heterocycles. The van der Waals surface area contributed by atoms with Crippen LogP contribution in [0.1, 0.15) is 18.1 Å². The molecule has 0 saturated carbocycles. The Bertz CT molecular complexity index is 292. The van der Waals surface area contributed by atoms with Gasteiger partial charge in [-0.15, -0.1) is 0 Å². The maximum Gasteiger partial charge on any atom is 0.0703 e. The summed E-state index contributed by atoms with van der Waals surface area (Å²) in [4.78, 5) is 0. The smallest absolute Gasteiger partial charge is 0.0703 e. The summed E-state index contributed by atoms with van der Waals surface area (Å²) in [6.07, 6.45) is 3.89. The lowest BCUT2D eigenvalue weighted by molar-refractivity contribution is 0.388. The second-order valence-electron chi connectivity index (χ2n) is 2.65. The van der Waals surface area contributed by atoms with Crippen molar-refractivity contribution in [3.8, 4) is 0 Å². The zero-order valence-corrected chi connectivity index (χ0v) is 7.33. The van der Waals surface area contributed by atoms with Crippen LogP contribution >= 0.6 is 0 Å². The first kappa shape index (κ1) is 8.81. The van der Waals surface area contributed by atoms with E-state index in [-0.39, 0.29) is 0 Å². The van der Waals surface area contributed by atoms with Crippen LogP contribution in [0, 0.1) is 6.92 Å². The van der Waals surface area contributed by atoms with E-state index in [9.17, 15) is 0 Å². The number of hydrogen-bond donors (Lipinski definition) is 2. The van der Waals surface area contributed by atoms with Gasteiger partial charge in [0, 0.05) is 0 Å². The van der Waals surface area contributed by atoms with Gasteiger partial charge in [0.2, 0.25) is 0 Å². The van der Waals surface area contributed by atoms with Crippen molar-refractivity contribution < 1.29 is 5.21 Å². The predicted octanol–water partition coefficient (Wildman–Crippen LogP) is 2.83. The lowest BCUT2D eigenvalue weighted by Gasteiger charge is -2.06. The fourth-order valence-corrected chi connectivity index (χ4v) is 1.16. The van der Waals surface area contributed by atoms with Crippen molar-refractivity contribution in [3.05, 3.63) is 35.4 Å². The lowest BCUT2D eigenvalue weighted by Crippen LogP contribution is -1.94. The molecular formula is C10H13NO. The summed E-state index contributed by atoms with van der Waals surface area (Å²) in [5.74, 6) is 0. The monoisotopic (exact) mass is 163 g/mol. The van der Waals surface area contributed by atoms with E-state index in [0.29, 0.717) is 0 Å². The van der Waals surface area contributed by atoms with Crippen LogP contribution in [0.15, 0.2) is 24.3 Å². The normalized spacial score (nSPS) is 10.6. The van der Waals surface area contributed by atoms with Crippen LogP contribution < -0.4 is 5.48 Å². The predicted molar refractivity (Wildman–Crippen MR) is 51.3 cm³/mol. The fourth-order valence-electron chi connectivity index (χ4n) is 1.16. The molecule has 2 N–H and O–H groups in total. The molecular weight excluding hydrogens is 150 g/mol. The summed E-state index contributed by atoms with van der Waals surface area (Å²) >= 11 is 0. The quantitative estimate of drug-likeness (QED) is 0.657. The third kappa shape index (κ3) is 1.66. The van der Waals surface area contributed by atoms with Crippen LogP contribution in [0.2, 0.25) is 0 Å². The highest BCUT2D eigenvalue weighted by molar-refractivity contribution is 5.68. The summed E-state index contributed by atoms with van der Waals surface area (Å²) in [5, 5.41) is 8.84. The summed E-state index contributed by atoms with van der Waals surface area (Å²) in [7, 11) is 0.